The van der Waals surface area contributed by atoms with Crippen LogP contribution in [0.25, 0.3) is 0 Å². The Kier molecular flexibility index (Phi) is 12.3. The zero-order valence-electron chi connectivity index (χ0n) is 23.9. The largest absolute Gasteiger partial charge is 0.707 e. The second kappa shape index (κ2) is 16.1. The number of benzene rings is 2. The number of aliphatic carboxylic acids is 1. The summed E-state index contributed by atoms with van der Waals surface area (Å²) in [6.07, 6.45) is 5.15. The van der Waals surface area contributed by atoms with Crippen molar-refractivity contribution in [2.75, 3.05) is 6.54 Å². The summed E-state index contributed by atoms with van der Waals surface area (Å²) >= 11 is 0. The Morgan fingerprint density at radius 3 is 2.26 bits per heavy atom. The summed E-state index contributed by atoms with van der Waals surface area (Å²) in [6.45, 7) is 3.86. The van der Waals surface area contributed by atoms with Crippen molar-refractivity contribution in [3.05, 3.63) is 78.1 Å². The van der Waals surface area contributed by atoms with Crippen LogP contribution in [0.15, 0.2) is 72.0 Å². The van der Waals surface area contributed by atoms with Gasteiger partial charge in [0.1, 0.15) is 17.8 Å². The summed E-state index contributed by atoms with van der Waals surface area (Å²) in [5.41, 5.74) is 1.34. The van der Waals surface area contributed by atoms with Gasteiger partial charge in [-0.25, -0.2) is 9.80 Å². The minimum absolute atomic E-state index is 0.0406. The summed E-state index contributed by atoms with van der Waals surface area (Å²) < 4.78 is 4.80. The first-order valence-electron chi connectivity index (χ1n) is 13.8. The summed E-state index contributed by atoms with van der Waals surface area (Å²) in [4.78, 5) is 55.8. The van der Waals surface area contributed by atoms with Crippen LogP contribution in [0.4, 0.5) is 0 Å². The smallest absolute Gasteiger partial charge is 0.512 e. The molecule has 0 aliphatic carbocycles. The van der Waals surface area contributed by atoms with Crippen LogP contribution in [-0.4, -0.2) is 87.6 Å². The summed E-state index contributed by atoms with van der Waals surface area (Å²) in [6, 6.07) is 11.6. The molecule has 3 atom stereocenters. The van der Waals surface area contributed by atoms with Crippen molar-refractivity contribution in [3.8, 4) is 5.75 Å². The van der Waals surface area contributed by atoms with Gasteiger partial charge in [-0.3, -0.25) is 24.4 Å². The fraction of sp³-hybridized carbons (Fsp3) is 0.345. The van der Waals surface area contributed by atoms with E-state index in [2.05, 4.69) is 15.6 Å². The summed E-state index contributed by atoms with van der Waals surface area (Å²) in [5, 5.41) is 36.0. The SMILES string of the molecule is CC(C)C[C@@H](C(=O)O)N(C(=O)[C@H](Cc1ccccc1)NC(=O)[C@H](Cc1ccc(OB(O)O)cc1)NC=O)N1C=CN=CC1. The third-order valence-corrected chi connectivity index (χ3v) is 6.56. The first-order valence-corrected chi connectivity index (χ1v) is 13.8. The molecule has 0 aromatic heterocycles. The lowest BCUT2D eigenvalue weighted by atomic mass is 10.00. The van der Waals surface area contributed by atoms with E-state index in [1.807, 2.05) is 19.9 Å². The number of carbonyl (C=O) groups is 4. The number of carboxylic acids is 1. The van der Waals surface area contributed by atoms with Crippen molar-refractivity contribution in [1.29, 1.82) is 0 Å². The number of hydrogen-bond acceptors (Lipinski definition) is 9. The average molecular weight is 593 g/mol. The Morgan fingerprint density at radius 1 is 1.05 bits per heavy atom. The maximum Gasteiger partial charge on any atom is 0.707 e. The molecule has 43 heavy (non-hydrogen) atoms. The normalized spacial score (nSPS) is 14.4. The standard InChI is InChI=1S/C29H36BN5O8/c1-20(2)16-26(29(39)40)35(34-14-12-31-13-15-34)28(38)25(18-21-6-4-3-5-7-21)33-27(37)24(32-19-36)17-22-8-10-23(11-9-22)43-30(41)42/h3-14,19-20,24-26,41-42H,15-18H2,1-2H3,(H,32,36)(H,33,37)(H,39,40)/t24-,25-,26-/m0/s1. The Balaban J connectivity index is 1.92. The minimum Gasteiger partial charge on any atom is -0.512 e. The highest BCUT2D eigenvalue weighted by Gasteiger charge is 2.39. The van der Waals surface area contributed by atoms with Crippen LogP contribution in [0.2, 0.25) is 0 Å². The van der Waals surface area contributed by atoms with Gasteiger partial charge in [0.25, 0.3) is 5.91 Å². The van der Waals surface area contributed by atoms with Crippen molar-refractivity contribution < 1.29 is 39.0 Å². The van der Waals surface area contributed by atoms with Crippen LogP contribution in [-0.2, 0) is 32.0 Å². The molecule has 2 aromatic rings. The lowest BCUT2D eigenvalue weighted by Gasteiger charge is -2.40. The second-order valence-electron chi connectivity index (χ2n) is 10.3. The van der Waals surface area contributed by atoms with Gasteiger partial charge in [-0.2, -0.15) is 0 Å². The maximum absolute atomic E-state index is 14.3. The van der Waals surface area contributed by atoms with E-state index in [0.29, 0.717) is 12.0 Å². The number of carbonyl (C=O) groups excluding carboxylic acids is 3. The molecular formula is C29H36BN5O8. The number of aliphatic imine (C=N–C) groups is 1. The van der Waals surface area contributed by atoms with Gasteiger partial charge in [0.15, 0.2) is 6.04 Å². The van der Waals surface area contributed by atoms with Crippen LogP contribution >= 0.6 is 0 Å². The maximum atomic E-state index is 14.3. The highest BCUT2D eigenvalue weighted by molar-refractivity contribution is 6.33. The van der Waals surface area contributed by atoms with Gasteiger partial charge in [0.05, 0.1) is 6.54 Å². The fourth-order valence-electron chi connectivity index (χ4n) is 4.59. The molecule has 0 saturated heterocycles. The lowest BCUT2D eigenvalue weighted by Crippen LogP contribution is -2.61. The monoisotopic (exact) mass is 593 g/mol. The molecule has 0 unspecified atom stereocenters. The number of hydrogen-bond donors (Lipinski definition) is 5. The Morgan fingerprint density at radius 2 is 1.70 bits per heavy atom. The highest BCUT2D eigenvalue weighted by Crippen LogP contribution is 2.20. The van der Waals surface area contributed by atoms with Gasteiger partial charge in [-0.1, -0.05) is 56.3 Å². The number of nitrogens with one attached hydrogen (secondary N) is 2. The molecule has 0 spiro atoms. The van der Waals surface area contributed by atoms with Crippen LogP contribution in [0.3, 0.4) is 0 Å². The Hall–Kier alpha value is -4.69. The number of rotatable bonds is 16. The summed E-state index contributed by atoms with van der Waals surface area (Å²) in [5.74, 6) is -2.36. The first-order chi connectivity index (χ1) is 20.6. The fourth-order valence-corrected chi connectivity index (χ4v) is 4.59. The molecule has 2 aromatic carbocycles. The molecule has 14 heteroatoms. The average Bonchev–Trinajstić information content (AvgIpc) is 2.97. The Bertz CT molecular complexity index is 1290. The topological polar surface area (TPSA) is 181 Å². The van der Waals surface area contributed by atoms with Gasteiger partial charge in [0.2, 0.25) is 12.3 Å². The quantitative estimate of drug-likeness (QED) is 0.137. The molecule has 1 aliphatic rings. The van der Waals surface area contributed by atoms with Crippen molar-refractivity contribution in [1.82, 2.24) is 20.7 Å². The van der Waals surface area contributed by atoms with Crippen molar-refractivity contribution >= 4 is 37.7 Å². The van der Waals surface area contributed by atoms with Gasteiger partial charge >= 0.3 is 13.3 Å². The van der Waals surface area contributed by atoms with E-state index in [-0.39, 0.29) is 37.5 Å². The van der Waals surface area contributed by atoms with Crippen LogP contribution in [0.5, 0.6) is 5.75 Å². The van der Waals surface area contributed by atoms with E-state index in [9.17, 15) is 24.3 Å². The highest BCUT2D eigenvalue weighted by atomic mass is 16.6. The molecule has 0 fully saturated rings. The van der Waals surface area contributed by atoms with E-state index >= 15 is 0 Å². The molecule has 3 rings (SSSR count). The zero-order chi connectivity index (χ0) is 31.4. The zero-order valence-corrected chi connectivity index (χ0v) is 23.9. The number of hydrazine groups is 1. The van der Waals surface area contributed by atoms with Crippen LogP contribution < -0.4 is 15.3 Å². The molecule has 0 saturated carbocycles. The van der Waals surface area contributed by atoms with Crippen molar-refractivity contribution in [2.45, 2.75) is 51.2 Å². The number of nitrogens with zero attached hydrogens (tertiary/aromatic N) is 3. The number of carboxylic acid groups (broad SMARTS) is 1. The van der Waals surface area contributed by atoms with Crippen molar-refractivity contribution in [2.24, 2.45) is 10.9 Å². The van der Waals surface area contributed by atoms with Gasteiger partial charge in [0, 0.05) is 31.5 Å². The van der Waals surface area contributed by atoms with E-state index < -0.39 is 43.2 Å². The predicted octanol–water partition coefficient (Wildman–Crippen LogP) is 0.520. The Labute approximate surface area is 250 Å². The third kappa shape index (κ3) is 9.97. The second-order valence-corrected chi connectivity index (χ2v) is 10.3. The van der Waals surface area contributed by atoms with E-state index in [4.69, 9.17) is 14.7 Å². The van der Waals surface area contributed by atoms with E-state index in [0.717, 1.165) is 10.6 Å². The predicted molar refractivity (Wildman–Crippen MR) is 158 cm³/mol. The molecule has 0 radical (unpaired) electrons. The molecule has 0 bridgehead atoms. The minimum atomic E-state index is -1.99. The molecule has 1 heterocycles. The van der Waals surface area contributed by atoms with E-state index in [1.165, 1.54) is 29.5 Å². The van der Waals surface area contributed by atoms with E-state index in [1.54, 1.807) is 42.6 Å². The molecule has 5 N–H and O–H groups in total. The molecule has 228 valence electrons. The van der Waals surface area contributed by atoms with Gasteiger partial charge in [-0.05, 0) is 35.6 Å². The summed E-state index contributed by atoms with van der Waals surface area (Å²) in [7, 11) is -1.99. The number of amides is 3. The van der Waals surface area contributed by atoms with Crippen LogP contribution in [0, 0.1) is 5.92 Å². The van der Waals surface area contributed by atoms with Gasteiger partial charge < -0.3 is 30.4 Å². The van der Waals surface area contributed by atoms with Crippen LogP contribution in [0.1, 0.15) is 31.4 Å². The molecule has 1 aliphatic heterocycles. The first kappa shape index (κ1) is 32.8. The molecule has 13 nitrogen and oxygen atoms in total. The van der Waals surface area contributed by atoms with Crippen molar-refractivity contribution in [3.63, 3.8) is 0 Å². The lowest BCUT2D eigenvalue weighted by molar-refractivity contribution is -0.166. The van der Waals surface area contributed by atoms with Gasteiger partial charge in [-0.15, -0.1) is 0 Å². The molecule has 3 amide bonds. The third-order valence-electron chi connectivity index (χ3n) is 6.56. The molecular weight excluding hydrogens is 557 g/mol.